The zero-order valence-corrected chi connectivity index (χ0v) is 11.4. The number of carbonyl (C=O) groups is 1. The van der Waals surface area contributed by atoms with Gasteiger partial charge in [-0.3, -0.25) is 4.79 Å². The molecule has 1 aromatic carbocycles. The minimum Gasteiger partial charge on any atom is -0.504 e. The van der Waals surface area contributed by atoms with Crippen LogP contribution in [0.25, 0.3) is 0 Å². The standard InChI is InChI=1S/C15H22O4/c1-2-3-4-5-6-7-8-12(16)11-9-10-13(17)15(19)14(11)18/h9-10,17-19H,2-8H2,1H3. The number of unbranched alkanes of at least 4 members (excludes halogenated alkanes) is 5. The van der Waals surface area contributed by atoms with Gasteiger partial charge in [0, 0.05) is 6.42 Å². The summed E-state index contributed by atoms with van der Waals surface area (Å²) in [5.41, 5.74) is 0.0730. The van der Waals surface area contributed by atoms with Crippen LogP contribution in [0.1, 0.15) is 62.2 Å². The summed E-state index contributed by atoms with van der Waals surface area (Å²) in [6, 6.07) is 2.55. The van der Waals surface area contributed by atoms with Crippen LogP contribution in [-0.4, -0.2) is 21.1 Å². The Morgan fingerprint density at radius 2 is 1.58 bits per heavy atom. The lowest BCUT2D eigenvalue weighted by Crippen LogP contribution is -1.99. The minimum atomic E-state index is -0.631. The summed E-state index contributed by atoms with van der Waals surface area (Å²) in [6.07, 6.45) is 6.86. The molecule has 0 saturated heterocycles. The van der Waals surface area contributed by atoms with Gasteiger partial charge in [0.1, 0.15) is 0 Å². The van der Waals surface area contributed by atoms with Crippen molar-refractivity contribution in [3.05, 3.63) is 17.7 Å². The maximum absolute atomic E-state index is 11.9. The number of phenolic OH excluding ortho intramolecular Hbond substituents is 3. The summed E-state index contributed by atoms with van der Waals surface area (Å²) in [4.78, 5) is 11.9. The predicted octanol–water partition coefficient (Wildman–Crippen LogP) is 3.74. The van der Waals surface area contributed by atoms with Crippen molar-refractivity contribution >= 4 is 5.78 Å². The largest absolute Gasteiger partial charge is 0.504 e. The average molecular weight is 266 g/mol. The molecule has 106 valence electrons. The summed E-state index contributed by atoms with van der Waals surface area (Å²) in [6.45, 7) is 2.16. The first-order valence-corrected chi connectivity index (χ1v) is 6.85. The lowest BCUT2D eigenvalue weighted by atomic mass is 10.0. The molecule has 0 bridgehead atoms. The van der Waals surface area contributed by atoms with Gasteiger partial charge in [-0.15, -0.1) is 0 Å². The second kappa shape index (κ2) is 7.67. The molecule has 0 atom stereocenters. The molecule has 0 radical (unpaired) electrons. The highest BCUT2D eigenvalue weighted by molar-refractivity contribution is 5.99. The molecule has 1 aromatic rings. The number of aromatic hydroxyl groups is 3. The first-order chi connectivity index (χ1) is 9.07. The Labute approximate surface area is 113 Å². The van der Waals surface area contributed by atoms with Crippen LogP contribution in [-0.2, 0) is 0 Å². The number of carbonyl (C=O) groups excluding carboxylic acids is 1. The molecule has 0 aliphatic heterocycles. The summed E-state index contributed by atoms with van der Waals surface area (Å²) >= 11 is 0. The van der Waals surface area contributed by atoms with E-state index in [2.05, 4.69) is 6.92 Å². The second-order valence-electron chi connectivity index (χ2n) is 4.77. The lowest BCUT2D eigenvalue weighted by Gasteiger charge is -2.06. The van der Waals surface area contributed by atoms with E-state index in [9.17, 15) is 20.1 Å². The lowest BCUT2D eigenvalue weighted by molar-refractivity contribution is 0.0975. The van der Waals surface area contributed by atoms with Crippen LogP contribution >= 0.6 is 0 Å². The zero-order valence-electron chi connectivity index (χ0n) is 11.4. The van der Waals surface area contributed by atoms with E-state index in [-0.39, 0.29) is 11.3 Å². The Hall–Kier alpha value is -1.71. The number of ketones is 1. The SMILES string of the molecule is CCCCCCCCC(=O)c1ccc(O)c(O)c1O. The number of phenols is 3. The van der Waals surface area contributed by atoms with Gasteiger partial charge in [-0.2, -0.15) is 0 Å². The molecule has 19 heavy (non-hydrogen) atoms. The first kappa shape index (κ1) is 15.3. The van der Waals surface area contributed by atoms with Crippen molar-refractivity contribution in [1.29, 1.82) is 0 Å². The van der Waals surface area contributed by atoms with Gasteiger partial charge in [-0.1, -0.05) is 39.0 Å². The molecule has 0 aliphatic carbocycles. The number of rotatable bonds is 8. The Kier molecular flexibility index (Phi) is 6.19. The average Bonchev–Trinajstić information content (AvgIpc) is 2.40. The molecule has 0 amide bonds. The highest BCUT2D eigenvalue weighted by Crippen LogP contribution is 2.37. The van der Waals surface area contributed by atoms with Gasteiger partial charge in [0.15, 0.2) is 17.3 Å². The third kappa shape index (κ3) is 4.47. The molecular formula is C15H22O4. The van der Waals surface area contributed by atoms with E-state index in [1.165, 1.54) is 31.4 Å². The fourth-order valence-corrected chi connectivity index (χ4v) is 1.99. The molecule has 0 spiro atoms. The van der Waals surface area contributed by atoms with Crippen LogP contribution in [0.2, 0.25) is 0 Å². The Bertz CT molecular complexity index is 426. The molecule has 0 unspecified atom stereocenters. The van der Waals surface area contributed by atoms with Gasteiger partial charge in [-0.25, -0.2) is 0 Å². The molecule has 3 N–H and O–H groups in total. The second-order valence-corrected chi connectivity index (χ2v) is 4.77. The predicted molar refractivity (Wildman–Crippen MR) is 73.8 cm³/mol. The van der Waals surface area contributed by atoms with E-state index in [1.54, 1.807) is 0 Å². The normalized spacial score (nSPS) is 10.6. The van der Waals surface area contributed by atoms with Crippen molar-refractivity contribution in [2.45, 2.75) is 51.9 Å². The van der Waals surface area contributed by atoms with Crippen molar-refractivity contribution in [2.24, 2.45) is 0 Å². The van der Waals surface area contributed by atoms with E-state index in [0.717, 1.165) is 19.3 Å². The molecule has 0 aromatic heterocycles. The first-order valence-electron chi connectivity index (χ1n) is 6.85. The minimum absolute atomic E-state index is 0.0730. The third-order valence-electron chi connectivity index (χ3n) is 3.19. The van der Waals surface area contributed by atoms with Crippen LogP contribution in [0.15, 0.2) is 12.1 Å². The van der Waals surface area contributed by atoms with E-state index >= 15 is 0 Å². The van der Waals surface area contributed by atoms with Crippen molar-refractivity contribution in [3.63, 3.8) is 0 Å². The summed E-state index contributed by atoms with van der Waals surface area (Å²) in [7, 11) is 0. The Balaban J connectivity index is 2.44. The molecule has 4 nitrogen and oxygen atoms in total. The maximum atomic E-state index is 11.9. The molecule has 4 heteroatoms. The fraction of sp³-hybridized carbons (Fsp3) is 0.533. The zero-order chi connectivity index (χ0) is 14.3. The number of Topliss-reactive ketones (excluding diaryl/α,β-unsaturated/α-hetero) is 1. The van der Waals surface area contributed by atoms with Crippen LogP contribution in [0.4, 0.5) is 0 Å². The summed E-state index contributed by atoms with van der Waals surface area (Å²) in [5.74, 6) is -1.79. The Morgan fingerprint density at radius 1 is 0.947 bits per heavy atom. The highest BCUT2D eigenvalue weighted by Gasteiger charge is 2.16. The van der Waals surface area contributed by atoms with Crippen LogP contribution in [0, 0.1) is 0 Å². The molecular weight excluding hydrogens is 244 g/mol. The maximum Gasteiger partial charge on any atom is 0.201 e. The molecule has 0 heterocycles. The summed E-state index contributed by atoms with van der Waals surface area (Å²) < 4.78 is 0. The third-order valence-corrected chi connectivity index (χ3v) is 3.19. The van der Waals surface area contributed by atoms with Gasteiger partial charge in [-0.05, 0) is 18.6 Å². The molecule has 1 rings (SSSR count). The molecule has 0 fully saturated rings. The van der Waals surface area contributed by atoms with Crippen LogP contribution in [0.5, 0.6) is 17.2 Å². The van der Waals surface area contributed by atoms with Gasteiger partial charge in [0.2, 0.25) is 5.75 Å². The number of hydrogen-bond acceptors (Lipinski definition) is 4. The molecule has 0 saturated carbocycles. The van der Waals surface area contributed by atoms with Crippen molar-refractivity contribution in [1.82, 2.24) is 0 Å². The van der Waals surface area contributed by atoms with Crippen LogP contribution < -0.4 is 0 Å². The van der Waals surface area contributed by atoms with E-state index in [0.29, 0.717) is 6.42 Å². The van der Waals surface area contributed by atoms with Gasteiger partial charge in [0.25, 0.3) is 0 Å². The number of hydrogen-bond donors (Lipinski definition) is 3. The Morgan fingerprint density at radius 3 is 2.26 bits per heavy atom. The molecule has 0 aliphatic rings. The van der Waals surface area contributed by atoms with Crippen molar-refractivity contribution < 1.29 is 20.1 Å². The quantitative estimate of drug-likeness (QED) is 0.380. The van der Waals surface area contributed by atoms with Crippen molar-refractivity contribution in [2.75, 3.05) is 0 Å². The topological polar surface area (TPSA) is 77.8 Å². The van der Waals surface area contributed by atoms with E-state index in [4.69, 9.17) is 0 Å². The monoisotopic (exact) mass is 266 g/mol. The van der Waals surface area contributed by atoms with E-state index in [1.807, 2.05) is 0 Å². The highest BCUT2D eigenvalue weighted by atomic mass is 16.3. The van der Waals surface area contributed by atoms with Crippen molar-refractivity contribution in [3.8, 4) is 17.2 Å². The summed E-state index contributed by atoms with van der Waals surface area (Å²) in [5, 5.41) is 28.1. The fourth-order valence-electron chi connectivity index (χ4n) is 1.99. The van der Waals surface area contributed by atoms with Gasteiger partial charge < -0.3 is 15.3 Å². The van der Waals surface area contributed by atoms with Gasteiger partial charge >= 0.3 is 0 Å². The van der Waals surface area contributed by atoms with Gasteiger partial charge in [0.05, 0.1) is 5.56 Å². The van der Waals surface area contributed by atoms with E-state index < -0.39 is 17.2 Å². The smallest absolute Gasteiger partial charge is 0.201 e. The number of benzene rings is 1. The van der Waals surface area contributed by atoms with Crippen LogP contribution in [0.3, 0.4) is 0 Å².